The summed E-state index contributed by atoms with van der Waals surface area (Å²) in [5.41, 5.74) is 3.27. The van der Waals surface area contributed by atoms with Gasteiger partial charge in [0.25, 0.3) is 10.0 Å². The van der Waals surface area contributed by atoms with Crippen LogP contribution in [0.25, 0.3) is 21.6 Å². The number of fused-ring (bicyclic) bond motifs is 1. The molecule has 0 amide bonds. The van der Waals surface area contributed by atoms with Gasteiger partial charge in [0.15, 0.2) is 5.03 Å². The number of nitriles is 1. The van der Waals surface area contributed by atoms with Crippen LogP contribution in [0.2, 0.25) is 0 Å². The second-order valence-electron chi connectivity index (χ2n) is 7.71. The lowest BCUT2D eigenvalue weighted by atomic mass is 9.87. The Morgan fingerprint density at radius 2 is 2.12 bits per heavy atom. The van der Waals surface area contributed by atoms with Gasteiger partial charge < -0.3 is 15.4 Å². The van der Waals surface area contributed by atoms with E-state index < -0.39 is 10.0 Å². The largest absolute Gasteiger partial charge is 0.390 e. The number of aromatic nitrogens is 4. The number of hydrogen-bond acceptors (Lipinski definition) is 9. The average Bonchev–Trinajstić information content (AvgIpc) is 3.47. The van der Waals surface area contributed by atoms with E-state index in [4.69, 9.17) is 5.26 Å². The Morgan fingerprint density at radius 1 is 1.27 bits per heavy atom. The predicted octanol–water partition coefficient (Wildman–Crippen LogP) is 2.37. The summed E-state index contributed by atoms with van der Waals surface area (Å²) in [7, 11) is -3.81. The number of rotatable bonds is 7. The Labute approximate surface area is 193 Å². The van der Waals surface area contributed by atoms with E-state index in [2.05, 4.69) is 30.0 Å². The Balaban J connectivity index is 1.32. The van der Waals surface area contributed by atoms with Gasteiger partial charge in [-0.3, -0.25) is 0 Å². The maximum absolute atomic E-state index is 12.6. The van der Waals surface area contributed by atoms with E-state index in [9.17, 15) is 13.5 Å². The number of sulfonamides is 1. The Kier molecular flexibility index (Phi) is 5.55. The van der Waals surface area contributed by atoms with Gasteiger partial charge in [0.2, 0.25) is 0 Å². The highest BCUT2D eigenvalue weighted by Crippen LogP contribution is 2.37. The molecule has 12 heteroatoms. The molecule has 4 aromatic heterocycles. The normalized spacial score (nSPS) is 18.1. The molecule has 1 aliphatic rings. The van der Waals surface area contributed by atoms with Crippen LogP contribution in [0, 0.1) is 11.3 Å². The number of aromatic amines is 1. The van der Waals surface area contributed by atoms with Gasteiger partial charge in [-0.25, -0.2) is 28.1 Å². The van der Waals surface area contributed by atoms with Crippen LogP contribution in [-0.2, 0) is 16.6 Å². The van der Waals surface area contributed by atoms with Crippen molar-refractivity contribution in [1.82, 2.24) is 24.7 Å². The third-order valence-corrected chi connectivity index (χ3v) is 7.82. The van der Waals surface area contributed by atoms with Crippen LogP contribution in [0.5, 0.6) is 0 Å². The summed E-state index contributed by atoms with van der Waals surface area (Å²) in [6.07, 6.45) is 6.04. The smallest absolute Gasteiger partial charge is 0.258 e. The lowest BCUT2D eigenvalue weighted by Crippen LogP contribution is -2.49. The number of nitrogens with zero attached hydrogens (tertiary/aromatic N) is 4. The molecule has 168 valence electrons. The van der Waals surface area contributed by atoms with Crippen molar-refractivity contribution in [2.24, 2.45) is 0 Å². The molecule has 1 aliphatic carbocycles. The number of aliphatic hydroxyl groups is 1. The molecule has 0 aromatic carbocycles. The van der Waals surface area contributed by atoms with Crippen molar-refractivity contribution >= 4 is 38.1 Å². The van der Waals surface area contributed by atoms with E-state index in [0.29, 0.717) is 18.5 Å². The van der Waals surface area contributed by atoms with Crippen LogP contribution in [0.1, 0.15) is 24.1 Å². The first kappa shape index (κ1) is 21.5. The molecule has 4 N–H and O–H groups in total. The molecule has 0 spiro atoms. The van der Waals surface area contributed by atoms with E-state index in [0.717, 1.165) is 27.3 Å². The van der Waals surface area contributed by atoms with Crippen molar-refractivity contribution in [3.05, 3.63) is 53.4 Å². The molecule has 33 heavy (non-hydrogen) atoms. The van der Waals surface area contributed by atoms with Crippen molar-refractivity contribution in [2.75, 3.05) is 5.32 Å². The van der Waals surface area contributed by atoms with Crippen molar-refractivity contribution < 1.29 is 13.5 Å². The molecule has 0 aliphatic heterocycles. The minimum Gasteiger partial charge on any atom is -0.390 e. The summed E-state index contributed by atoms with van der Waals surface area (Å²) < 4.78 is 27.9. The second kappa shape index (κ2) is 8.53. The molecule has 0 radical (unpaired) electrons. The standard InChI is InChI=1S/C21H19N7O3S2/c22-8-12-1-3-23-18(5-12)33(30,31)28-14-6-13(7-14)26-19-16-2-4-24-20(16)25-9-17(19)21-27-15(10-29)11-32-21/h1-5,9,11,13-14,28-29H,6-7,10H2,(H2,24,25,26). The highest BCUT2D eigenvalue weighted by molar-refractivity contribution is 7.89. The quantitative estimate of drug-likeness (QED) is 0.313. The SMILES string of the molecule is N#Cc1ccnc(S(=O)(=O)NC2CC(Nc3c(-c4nc(CO)cs4)cnc4[nH]ccc34)C2)c1. The maximum atomic E-state index is 12.6. The summed E-state index contributed by atoms with van der Waals surface area (Å²) in [6.45, 7) is -0.129. The molecule has 4 heterocycles. The topological polar surface area (TPSA) is 157 Å². The van der Waals surface area contributed by atoms with Crippen LogP contribution in [0.15, 0.2) is 47.2 Å². The third kappa shape index (κ3) is 4.19. The molecule has 0 unspecified atom stereocenters. The number of hydrogen-bond donors (Lipinski definition) is 4. The minimum absolute atomic E-state index is 0.0487. The van der Waals surface area contributed by atoms with Gasteiger partial charge in [-0.15, -0.1) is 11.3 Å². The van der Waals surface area contributed by atoms with Crippen molar-refractivity contribution in [3.63, 3.8) is 0 Å². The van der Waals surface area contributed by atoms with Gasteiger partial charge in [0.1, 0.15) is 10.7 Å². The first-order chi connectivity index (χ1) is 16.0. The maximum Gasteiger partial charge on any atom is 0.258 e. The number of nitrogens with one attached hydrogen (secondary N) is 3. The van der Waals surface area contributed by atoms with Crippen LogP contribution in [0.4, 0.5) is 5.69 Å². The van der Waals surface area contributed by atoms with Crippen LogP contribution >= 0.6 is 11.3 Å². The molecule has 0 atom stereocenters. The van der Waals surface area contributed by atoms with E-state index in [1.807, 2.05) is 23.7 Å². The molecular weight excluding hydrogens is 462 g/mol. The fourth-order valence-electron chi connectivity index (χ4n) is 3.77. The fraction of sp³-hybridized carbons (Fsp3) is 0.238. The zero-order chi connectivity index (χ0) is 23.0. The first-order valence-corrected chi connectivity index (χ1v) is 12.5. The molecule has 10 nitrogen and oxygen atoms in total. The van der Waals surface area contributed by atoms with Crippen molar-refractivity contribution in [2.45, 2.75) is 36.6 Å². The summed E-state index contributed by atoms with van der Waals surface area (Å²) in [4.78, 5) is 15.9. The molecule has 1 fully saturated rings. The summed E-state index contributed by atoms with van der Waals surface area (Å²) in [5, 5.41) is 25.2. The highest BCUT2D eigenvalue weighted by atomic mass is 32.2. The number of aliphatic hydroxyl groups excluding tert-OH is 1. The molecule has 5 rings (SSSR count). The van der Waals surface area contributed by atoms with Crippen LogP contribution in [0.3, 0.4) is 0 Å². The van der Waals surface area contributed by atoms with Gasteiger partial charge in [0.05, 0.1) is 35.2 Å². The zero-order valence-corrected chi connectivity index (χ0v) is 18.8. The average molecular weight is 482 g/mol. The van der Waals surface area contributed by atoms with Gasteiger partial charge in [-0.05, 0) is 31.0 Å². The Bertz CT molecular complexity index is 1470. The van der Waals surface area contributed by atoms with Gasteiger partial charge in [0, 0.05) is 41.4 Å². The Morgan fingerprint density at radius 3 is 2.88 bits per heavy atom. The molecule has 4 aromatic rings. The minimum atomic E-state index is -3.81. The molecular formula is C21H19N7O3S2. The number of pyridine rings is 2. The number of H-pyrrole nitrogens is 1. The number of anilines is 1. The summed E-state index contributed by atoms with van der Waals surface area (Å²) in [5.74, 6) is 0. The van der Waals surface area contributed by atoms with E-state index in [-0.39, 0.29) is 29.3 Å². The Hall–Kier alpha value is -3.37. The second-order valence-corrected chi connectivity index (χ2v) is 10.2. The van der Waals surface area contributed by atoms with E-state index >= 15 is 0 Å². The van der Waals surface area contributed by atoms with Gasteiger partial charge in [-0.2, -0.15) is 5.26 Å². The van der Waals surface area contributed by atoms with E-state index in [1.165, 1.54) is 29.7 Å². The van der Waals surface area contributed by atoms with Crippen LogP contribution < -0.4 is 10.0 Å². The first-order valence-electron chi connectivity index (χ1n) is 10.1. The molecule has 1 saturated carbocycles. The molecule has 0 bridgehead atoms. The summed E-state index contributed by atoms with van der Waals surface area (Å²) in [6, 6.07) is 6.38. The lowest BCUT2D eigenvalue weighted by Gasteiger charge is -2.37. The van der Waals surface area contributed by atoms with Crippen LogP contribution in [-0.4, -0.2) is 45.5 Å². The highest BCUT2D eigenvalue weighted by Gasteiger charge is 2.34. The third-order valence-electron chi connectivity index (χ3n) is 5.48. The van der Waals surface area contributed by atoms with E-state index in [1.54, 1.807) is 6.20 Å². The lowest BCUT2D eigenvalue weighted by molar-refractivity contribution is 0.278. The van der Waals surface area contributed by atoms with Crippen molar-refractivity contribution in [3.8, 4) is 16.6 Å². The molecule has 0 saturated heterocycles. The van der Waals surface area contributed by atoms with Gasteiger partial charge in [-0.1, -0.05) is 0 Å². The monoisotopic (exact) mass is 481 g/mol. The predicted molar refractivity (Wildman–Crippen MR) is 123 cm³/mol. The van der Waals surface area contributed by atoms with Gasteiger partial charge >= 0.3 is 0 Å². The zero-order valence-electron chi connectivity index (χ0n) is 17.2. The summed E-state index contributed by atoms with van der Waals surface area (Å²) >= 11 is 1.43. The number of thiazole rings is 1. The fourth-order valence-corrected chi connectivity index (χ4v) is 5.83. The van der Waals surface area contributed by atoms with Crippen molar-refractivity contribution in [1.29, 1.82) is 5.26 Å².